The topological polar surface area (TPSA) is 80.0 Å². The molecule has 0 bridgehead atoms. The molecule has 1 aromatic heterocycles. The number of hydrogen-bond acceptors (Lipinski definition) is 5. The van der Waals surface area contributed by atoms with Crippen LogP contribution in [-0.4, -0.2) is 34.8 Å². The number of halogens is 1. The third-order valence-electron chi connectivity index (χ3n) is 5.74. The standard InChI is InChI=1S/C26H26BrNO5/c1-3-5-6-12-28-23(16-8-7-9-19(14-16)32-4-2)22(25(30)26(28)31)24(29)21-15-17-13-18(27)10-11-20(17)33-21/h7-11,13-15,23,30H,3-6,12H2,1-2H3. The molecular weight excluding hydrogens is 486 g/mol. The van der Waals surface area contributed by atoms with E-state index in [-0.39, 0.29) is 11.3 Å². The van der Waals surface area contributed by atoms with Gasteiger partial charge < -0.3 is 19.2 Å². The van der Waals surface area contributed by atoms with Gasteiger partial charge in [0.05, 0.1) is 18.2 Å². The van der Waals surface area contributed by atoms with E-state index in [1.54, 1.807) is 17.0 Å². The van der Waals surface area contributed by atoms with Crippen molar-refractivity contribution in [3.8, 4) is 5.75 Å². The Morgan fingerprint density at radius 1 is 1.15 bits per heavy atom. The maximum Gasteiger partial charge on any atom is 0.290 e. The quantitative estimate of drug-likeness (QED) is 0.267. The Hall–Kier alpha value is -3.06. The Morgan fingerprint density at radius 3 is 2.73 bits per heavy atom. The summed E-state index contributed by atoms with van der Waals surface area (Å²) in [5.41, 5.74) is 1.29. The molecule has 6 nitrogen and oxygen atoms in total. The van der Waals surface area contributed by atoms with Gasteiger partial charge in [-0.3, -0.25) is 9.59 Å². The maximum absolute atomic E-state index is 13.6. The van der Waals surface area contributed by atoms with Crippen molar-refractivity contribution < 1.29 is 23.8 Å². The molecule has 1 N–H and O–H groups in total. The van der Waals surface area contributed by atoms with E-state index in [0.29, 0.717) is 30.0 Å². The fourth-order valence-corrected chi connectivity index (χ4v) is 4.57. The number of carbonyl (C=O) groups is 2. The lowest BCUT2D eigenvalue weighted by atomic mass is 9.94. The summed E-state index contributed by atoms with van der Waals surface area (Å²) in [6.07, 6.45) is 2.71. The SMILES string of the molecule is CCCCCN1C(=O)C(O)=C(C(=O)c2cc3cc(Br)ccc3o2)C1c1cccc(OCC)c1. The fraction of sp³-hybridized carbons (Fsp3) is 0.308. The van der Waals surface area contributed by atoms with Gasteiger partial charge in [0, 0.05) is 16.4 Å². The highest BCUT2D eigenvalue weighted by molar-refractivity contribution is 9.10. The molecule has 0 radical (unpaired) electrons. The van der Waals surface area contributed by atoms with Gasteiger partial charge in [-0.15, -0.1) is 0 Å². The molecule has 7 heteroatoms. The van der Waals surface area contributed by atoms with Crippen molar-refractivity contribution in [3.63, 3.8) is 0 Å². The predicted octanol–water partition coefficient (Wildman–Crippen LogP) is 6.36. The third-order valence-corrected chi connectivity index (χ3v) is 6.23. The Balaban J connectivity index is 1.77. The number of ether oxygens (including phenoxy) is 1. The van der Waals surface area contributed by atoms with Crippen LogP contribution in [0.5, 0.6) is 5.75 Å². The van der Waals surface area contributed by atoms with E-state index in [0.717, 1.165) is 29.1 Å². The molecule has 1 amide bonds. The lowest BCUT2D eigenvalue weighted by molar-refractivity contribution is -0.129. The first-order valence-electron chi connectivity index (χ1n) is 11.1. The Morgan fingerprint density at radius 2 is 1.97 bits per heavy atom. The molecule has 0 saturated heterocycles. The van der Waals surface area contributed by atoms with Crippen molar-refractivity contribution in [2.75, 3.05) is 13.2 Å². The van der Waals surface area contributed by atoms with Crippen LogP contribution in [-0.2, 0) is 4.79 Å². The molecule has 4 rings (SSSR count). The zero-order chi connectivity index (χ0) is 23.5. The number of Topliss-reactive ketones (excluding diaryl/α,β-unsaturated/α-hetero) is 1. The van der Waals surface area contributed by atoms with Gasteiger partial charge in [0.2, 0.25) is 5.78 Å². The van der Waals surface area contributed by atoms with Crippen LogP contribution in [0.4, 0.5) is 0 Å². The summed E-state index contributed by atoms with van der Waals surface area (Å²) in [4.78, 5) is 28.2. The molecule has 172 valence electrons. The molecule has 0 saturated carbocycles. The lowest BCUT2D eigenvalue weighted by Crippen LogP contribution is -2.32. The number of furan rings is 1. The average molecular weight is 512 g/mol. The van der Waals surface area contributed by atoms with Crippen molar-refractivity contribution >= 4 is 38.6 Å². The van der Waals surface area contributed by atoms with Gasteiger partial charge in [0.25, 0.3) is 5.91 Å². The largest absolute Gasteiger partial charge is 0.503 e. The van der Waals surface area contributed by atoms with Crippen molar-refractivity contribution in [2.24, 2.45) is 0 Å². The summed E-state index contributed by atoms with van der Waals surface area (Å²) in [7, 11) is 0. The number of aliphatic hydroxyl groups excluding tert-OH is 1. The molecule has 2 heterocycles. The van der Waals surface area contributed by atoms with E-state index < -0.39 is 23.5 Å². The number of unbranched alkanes of at least 4 members (excludes halogenated alkanes) is 2. The molecule has 0 aliphatic carbocycles. The molecule has 1 aliphatic heterocycles. The van der Waals surface area contributed by atoms with Gasteiger partial charge >= 0.3 is 0 Å². The van der Waals surface area contributed by atoms with Crippen LogP contribution in [0.1, 0.15) is 55.3 Å². The predicted molar refractivity (Wildman–Crippen MR) is 129 cm³/mol. The van der Waals surface area contributed by atoms with Crippen LogP contribution < -0.4 is 4.74 Å². The smallest absolute Gasteiger partial charge is 0.290 e. The minimum atomic E-state index is -0.720. The maximum atomic E-state index is 13.6. The third kappa shape index (κ3) is 4.55. The Kier molecular flexibility index (Phi) is 6.88. The van der Waals surface area contributed by atoms with E-state index in [1.165, 1.54) is 0 Å². The highest BCUT2D eigenvalue weighted by Crippen LogP contribution is 2.40. The summed E-state index contributed by atoms with van der Waals surface area (Å²) in [5.74, 6) is -0.843. The van der Waals surface area contributed by atoms with Gasteiger partial charge in [-0.1, -0.05) is 47.8 Å². The molecule has 0 fully saturated rings. The van der Waals surface area contributed by atoms with Gasteiger partial charge in [0.1, 0.15) is 11.3 Å². The van der Waals surface area contributed by atoms with Crippen molar-refractivity contribution in [1.29, 1.82) is 0 Å². The second kappa shape index (κ2) is 9.83. The summed E-state index contributed by atoms with van der Waals surface area (Å²) in [5, 5.41) is 11.6. The zero-order valence-electron chi connectivity index (χ0n) is 18.6. The van der Waals surface area contributed by atoms with E-state index in [4.69, 9.17) is 9.15 Å². The molecule has 33 heavy (non-hydrogen) atoms. The monoisotopic (exact) mass is 511 g/mol. The first-order valence-corrected chi connectivity index (χ1v) is 11.9. The molecule has 1 unspecified atom stereocenters. The second-order valence-electron chi connectivity index (χ2n) is 8.00. The van der Waals surface area contributed by atoms with E-state index in [2.05, 4.69) is 22.9 Å². The lowest BCUT2D eigenvalue weighted by Gasteiger charge is -2.27. The van der Waals surface area contributed by atoms with E-state index in [9.17, 15) is 14.7 Å². The number of nitrogens with zero attached hydrogens (tertiary/aromatic N) is 1. The minimum absolute atomic E-state index is 0.0308. The van der Waals surface area contributed by atoms with Gasteiger partial charge in [-0.05, 0) is 55.3 Å². The number of benzene rings is 2. The van der Waals surface area contributed by atoms with Crippen molar-refractivity contribution in [3.05, 3.63) is 75.7 Å². The van der Waals surface area contributed by atoms with Gasteiger partial charge in [-0.25, -0.2) is 0 Å². The molecule has 1 aliphatic rings. The van der Waals surface area contributed by atoms with Crippen LogP contribution in [0.25, 0.3) is 11.0 Å². The Bertz CT molecular complexity index is 1230. The van der Waals surface area contributed by atoms with Crippen molar-refractivity contribution in [1.82, 2.24) is 4.90 Å². The number of fused-ring (bicyclic) bond motifs is 1. The van der Waals surface area contributed by atoms with Crippen LogP contribution in [0.15, 0.2) is 68.8 Å². The number of hydrogen-bond donors (Lipinski definition) is 1. The summed E-state index contributed by atoms with van der Waals surface area (Å²) in [6, 6.07) is 13.7. The summed E-state index contributed by atoms with van der Waals surface area (Å²) in [6.45, 7) is 4.90. The first-order chi connectivity index (χ1) is 15.9. The van der Waals surface area contributed by atoms with Crippen LogP contribution >= 0.6 is 15.9 Å². The highest BCUT2D eigenvalue weighted by Gasteiger charge is 2.44. The number of aliphatic hydroxyl groups is 1. The van der Waals surface area contributed by atoms with Crippen LogP contribution in [0, 0.1) is 0 Å². The molecular formula is C26H26BrNO5. The van der Waals surface area contributed by atoms with Gasteiger partial charge in [-0.2, -0.15) is 0 Å². The van der Waals surface area contributed by atoms with E-state index in [1.807, 2.05) is 43.3 Å². The molecule has 1 atom stereocenters. The van der Waals surface area contributed by atoms with Crippen LogP contribution in [0.3, 0.4) is 0 Å². The number of ketones is 1. The average Bonchev–Trinajstić information content (AvgIpc) is 3.33. The number of carbonyl (C=O) groups excluding carboxylic acids is 2. The normalized spacial score (nSPS) is 16.2. The number of amides is 1. The first kappa shape index (κ1) is 23.1. The fourth-order valence-electron chi connectivity index (χ4n) is 4.19. The molecule has 2 aromatic carbocycles. The highest BCUT2D eigenvalue weighted by atomic mass is 79.9. The minimum Gasteiger partial charge on any atom is -0.503 e. The van der Waals surface area contributed by atoms with Gasteiger partial charge in [0.15, 0.2) is 11.5 Å². The summed E-state index contributed by atoms with van der Waals surface area (Å²) < 4.78 is 12.3. The molecule has 0 spiro atoms. The number of rotatable bonds is 9. The second-order valence-corrected chi connectivity index (χ2v) is 8.91. The van der Waals surface area contributed by atoms with E-state index >= 15 is 0 Å². The van der Waals surface area contributed by atoms with Crippen LogP contribution in [0.2, 0.25) is 0 Å². The zero-order valence-corrected chi connectivity index (χ0v) is 20.2. The molecule has 3 aromatic rings. The summed E-state index contributed by atoms with van der Waals surface area (Å²) >= 11 is 3.42. The Labute approximate surface area is 201 Å². The van der Waals surface area contributed by atoms with Crippen molar-refractivity contribution in [2.45, 2.75) is 39.2 Å².